The van der Waals surface area contributed by atoms with E-state index in [0.717, 1.165) is 31.4 Å². The molecule has 0 radical (unpaired) electrons. The predicted octanol–water partition coefficient (Wildman–Crippen LogP) is 2.96. The first-order chi connectivity index (χ1) is 7.63. The van der Waals surface area contributed by atoms with Gasteiger partial charge in [-0.25, -0.2) is 8.78 Å². The fourth-order valence-corrected chi connectivity index (χ4v) is 1.76. The van der Waals surface area contributed by atoms with E-state index in [4.69, 9.17) is 0 Å². The van der Waals surface area contributed by atoms with Gasteiger partial charge >= 0.3 is 0 Å². The molecule has 1 aliphatic carbocycles. The summed E-state index contributed by atoms with van der Waals surface area (Å²) in [6.45, 7) is 0. The molecule has 0 atom stereocenters. The van der Waals surface area contributed by atoms with Gasteiger partial charge in [-0.15, -0.1) is 0 Å². The van der Waals surface area contributed by atoms with Crippen LogP contribution in [0.4, 0.5) is 8.78 Å². The summed E-state index contributed by atoms with van der Waals surface area (Å²) in [4.78, 5) is 11.8. The van der Waals surface area contributed by atoms with Gasteiger partial charge in [-0.05, 0) is 18.9 Å². The number of ketones is 1. The van der Waals surface area contributed by atoms with E-state index in [1.807, 2.05) is 0 Å². The van der Waals surface area contributed by atoms with Crippen LogP contribution in [0.3, 0.4) is 0 Å². The van der Waals surface area contributed by atoms with Crippen molar-refractivity contribution in [1.29, 1.82) is 0 Å². The average Bonchev–Trinajstić information content (AvgIpc) is 2.18. The highest BCUT2D eigenvalue weighted by Gasteiger charge is 2.28. The number of carbonyl (C=O) groups excluding carboxylic acids is 1. The van der Waals surface area contributed by atoms with Crippen molar-refractivity contribution in [2.45, 2.75) is 19.3 Å². The zero-order valence-corrected chi connectivity index (χ0v) is 8.93. The smallest absolute Gasteiger partial charge is 0.168 e. The highest BCUT2D eigenvalue weighted by molar-refractivity contribution is 5.98. The Bertz CT molecular complexity index is 425. The standard InChI is InChI=1S/C12H12F2O2/c1-16-11-6-9(13)8(5-10(11)14)12(15)7-3-2-4-7/h5-7H,2-4H2,1H3. The van der Waals surface area contributed by atoms with Crippen LogP contribution in [-0.2, 0) is 0 Å². The topological polar surface area (TPSA) is 26.3 Å². The molecule has 0 amide bonds. The van der Waals surface area contributed by atoms with Crippen LogP contribution in [0.25, 0.3) is 0 Å². The van der Waals surface area contributed by atoms with E-state index >= 15 is 0 Å². The van der Waals surface area contributed by atoms with Crippen molar-refractivity contribution in [2.75, 3.05) is 7.11 Å². The second kappa shape index (κ2) is 4.20. The SMILES string of the molecule is COc1cc(F)c(C(=O)C2CCC2)cc1F. The minimum atomic E-state index is -0.713. The Morgan fingerprint density at radius 1 is 1.31 bits per heavy atom. The minimum absolute atomic E-state index is 0.137. The molecule has 0 heterocycles. The van der Waals surface area contributed by atoms with Crippen molar-refractivity contribution in [3.8, 4) is 5.75 Å². The quantitative estimate of drug-likeness (QED) is 0.740. The van der Waals surface area contributed by atoms with Crippen LogP contribution in [0, 0.1) is 17.6 Å². The highest BCUT2D eigenvalue weighted by Crippen LogP contribution is 2.32. The van der Waals surface area contributed by atoms with Crippen molar-refractivity contribution in [3.63, 3.8) is 0 Å². The molecular formula is C12H12F2O2. The Balaban J connectivity index is 2.33. The number of rotatable bonds is 3. The Morgan fingerprint density at radius 2 is 2.00 bits per heavy atom. The molecule has 4 heteroatoms. The molecular weight excluding hydrogens is 214 g/mol. The van der Waals surface area contributed by atoms with E-state index in [9.17, 15) is 13.6 Å². The van der Waals surface area contributed by atoms with E-state index in [-0.39, 0.29) is 23.0 Å². The van der Waals surface area contributed by atoms with Gasteiger partial charge in [-0.1, -0.05) is 6.42 Å². The van der Waals surface area contributed by atoms with Crippen molar-refractivity contribution >= 4 is 5.78 Å². The van der Waals surface area contributed by atoms with Gasteiger partial charge in [0.15, 0.2) is 17.3 Å². The van der Waals surface area contributed by atoms with Crippen molar-refractivity contribution < 1.29 is 18.3 Å². The normalized spacial score (nSPS) is 15.7. The second-order valence-corrected chi connectivity index (χ2v) is 3.96. The number of ether oxygens (including phenoxy) is 1. The summed E-state index contributed by atoms with van der Waals surface area (Å²) in [6, 6.07) is 1.84. The summed E-state index contributed by atoms with van der Waals surface area (Å²) < 4.78 is 31.5. The van der Waals surface area contributed by atoms with Crippen LogP contribution in [-0.4, -0.2) is 12.9 Å². The van der Waals surface area contributed by atoms with Gasteiger partial charge in [0, 0.05) is 12.0 Å². The molecule has 1 aliphatic rings. The zero-order valence-electron chi connectivity index (χ0n) is 8.93. The van der Waals surface area contributed by atoms with Gasteiger partial charge in [-0.3, -0.25) is 4.79 Å². The molecule has 1 aromatic rings. The van der Waals surface area contributed by atoms with Gasteiger partial charge in [-0.2, -0.15) is 0 Å². The molecule has 2 rings (SSSR count). The third-order valence-electron chi connectivity index (χ3n) is 2.98. The van der Waals surface area contributed by atoms with Crippen molar-refractivity contribution in [3.05, 3.63) is 29.3 Å². The van der Waals surface area contributed by atoms with Crippen LogP contribution in [0.15, 0.2) is 12.1 Å². The first-order valence-electron chi connectivity index (χ1n) is 5.20. The van der Waals surface area contributed by atoms with Crippen LogP contribution >= 0.6 is 0 Å². The molecule has 0 spiro atoms. The number of hydrogen-bond donors (Lipinski definition) is 0. The van der Waals surface area contributed by atoms with Crippen LogP contribution in [0.2, 0.25) is 0 Å². The van der Waals surface area contributed by atoms with E-state index in [1.165, 1.54) is 7.11 Å². The van der Waals surface area contributed by atoms with Gasteiger partial charge in [0.2, 0.25) is 0 Å². The van der Waals surface area contributed by atoms with Crippen LogP contribution < -0.4 is 4.74 Å². The largest absolute Gasteiger partial charge is 0.494 e. The van der Waals surface area contributed by atoms with Gasteiger partial charge in [0.1, 0.15) is 5.82 Å². The lowest BCUT2D eigenvalue weighted by molar-refractivity contribution is 0.0850. The molecule has 0 N–H and O–H groups in total. The predicted molar refractivity (Wildman–Crippen MR) is 54.6 cm³/mol. The lowest BCUT2D eigenvalue weighted by Gasteiger charge is -2.24. The lowest BCUT2D eigenvalue weighted by Crippen LogP contribution is -2.23. The summed E-state index contributed by atoms with van der Waals surface area (Å²) in [7, 11) is 1.26. The third-order valence-corrected chi connectivity index (χ3v) is 2.98. The maximum Gasteiger partial charge on any atom is 0.168 e. The molecule has 2 nitrogen and oxygen atoms in total. The van der Waals surface area contributed by atoms with Gasteiger partial charge < -0.3 is 4.74 Å². The maximum atomic E-state index is 13.5. The number of benzene rings is 1. The summed E-state index contributed by atoms with van der Waals surface area (Å²) >= 11 is 0. The number of Topliss-reactive ketones (excluding diaryl/α,β-unsaturated/α-hetero) is 1. The first kappa shape index (κ1) is 11.0. The minimum Gasteiger partial charge on any atom is -0.494 e. The fourth-order valence-electron chi connectivity index (χ4n) is 1.76. The molecule has 1 aromatic carbocycles. The van der Waals surface area contributed by atoms with E-state index < -0.39 is 11.6 Å². The molecule has 0 unspecified atom stereocenters. The highest BCUT2D eigenvalue weighted by atomic mass is 19.1. The van der Waals surface area contributed by atoms with Crippen LogP contribution in [0.5, 0.6) is 5.75 Å². The summed E-state index contributed by atoms with van der Waals surface area (Å²) in [5.41, 5.74) is -0.164. The second-order valence-electron chi connectivity index (χ2n) is 3.96. The summed E-state index contributed by atoms with van der Waals surface area (Å²) in [6.07, 6.45) is 2.52. The van der Waals surface area contributed by atoms with E-state index in [0.29, 0.717) is 0 Å². The number of carbonyl (C=O) groups is 1. The van der Waals surface area contributed by atoms with E-state index in [2.05, 4.69) is 4.74 Å². The van der Waals surface area contributed by atoms with Crippen molar-refractivity contribution in [2.24, 2.45) is 5.92 Å². The van der Waals surface area contributed by atoms with E-state index in [1.54, 1.807) is 0 Å². The Morgan fingerprint density at radius 3 is 2.50 bits per heavy atom. The van der Waals surface area contributed by atoms with Crippen LogP contribution in [0.1, 0.15) is 29.6 Å². The first-order valence-corrected chi connectivity index (χ1v) is 5.20. The fraction of sp³-hybridized carbons (Fsp3) is 0.417. The average molecular weight is 226 g/mol. The third kappa shape index (κ3) is 1.79. The number of methoxy groups -OCH3 is 1. The Labute approximate surface area is 92.2 Å². The molecule has 0 bridgehead atoms. The lowest BCUT2D eigenvalue weighted by atomic mass is 9.80. The zero-order chi connectivity index (χ0) is 11.7. The number of hydrogen-bond acceptors (Lipinski definition) is 2. The Kier molecular flexibility index (Phi) is 2.90. The molecule has 16 heavy (non-hydrogen) atoms. The van der Waals surface area contributed by atoms with Crippen molar-refractivity contribution in [1.82, 2.24) is 0 Å². The Hall–Kier alpha value is -1.45. The monoisotopic (exact) mass is 226 g/mol. The number of halogens is 2. The van der Waals surface area contributed by atoms with Gasteiger partial charge in [0.05, 0.1) is 12.7 Å². The maximum absolute atomic E-state index is 13.5. The van der Waals surface area contributed by atoms with Gasteiger partial charge in [0.25, 0.3) is 0 Å². The molecule has 0 saturated heterocycles. The molecule has 1 saturated carbocycles. The molecule has 86 valence electrons. The molecule has 0 aromatic heterocycles. The summed E-state index contributed by atoms with van der Waals surface area (Å²) in [5, 5.41) is 0. The summed E-state index contributed by atoms with van der Waals surface area (Å²) in [5.74, 6) is -2.03. The molecule has 0 aliphatic heterocycles. The molecule has 1 fully saturated rings.